The van der Waals surface area contributed by atoms with E-state index in [0.717, 1.165) is 21.4 Å². The molecular weight excluding hydrogens is 474 g/mol. The summed E-state index contributed by atoms with van der Waals surface area (Å²) in [5.74, 6) is 0.310. The van der Waals surface area contributed by atoms with E-state index in [4.69, 9.17) is 4.99 Å². The summed E-state index contributed by atoms with van der Waals surface area (Å²) < 4.78 is 0.963. The fraction of sp³-hybridized carbons (Fsp3) is 0.261. The number of aliphatic hydroxyl groups excluding tert-OH is 1. The van der Waals surface area contributed by atoms with Gasteiger partial charge in [-0.1, -0.05) is 46.3 Å². The van der Waals surface area contributed by atoms with Gasteiger partial charge in [0.1, 0.15) is 0 Å². The third-order valence-electron chi connectivity index (χ3n) is 5.91. The number of fused-ring (bicyclic) bond motifs is 3. The maximum absolute atomic E-state index is 13.4. The van der Waals surface area contributed by atoms with Crippen LogP contribution in [0.2, 0.25) is 0 Å². The van der Waals surface area contributed by atoms with Crippen molar-refractivity contribution in [2.75, 3.05) is 25.1 Å². The van der Waals surface area contributed by atoms with Gasteiger partial charge < -0.3 is 10.0 Å². The number of amides is 3. The fourth-order valence-corrected chi connectivity index (χ4v) is 4.59. The van der Waals surface area contributed by atoms with Gasteiger partial charge in [-0.05, 0) is 30.7 Å². The largest absolute Gasteiger partial charge is 0.396 e. The Morgan fingerprint density at radius 1 is 1.06 bits per heavy atom. The SMILES string of the molecule is CN1C(=O)N(CCCO)C(=O)C2C1N=C1N(c3ccc(Br)cc3)C(c3ccccc3)=CN12. The molecule has 164 valence electrons. The summed E-state index contributed by atoms with van der Waals surface area (Å²) in [6, 6.07) is 16.8. The molecule has 1 saturated heterocycles. The molecular formula is C23H22BrN5O3. The minimum Gasteiger partial charge on any atom is -0.396 e. The van der Waals surface area contributed by atoms with Gasteiger partial charge in [-0.25, -0.2) is 9.79 Å². The molecule has 2 unspecified atom stereocenters. The number of hydrogen-bond donors (Lipinski definition) is 1. The zero-order chi connectivity index (χ0) is 22.4. The number of hydrogen-bond acceptors (Lipinski definition) is 6. The van der Waals surface area contributed by atoms with Crippen LogP contribution in [0.25, 0.3) is 5.70 Å². The van der Waals surface area contributed by atoms with Gasteiger partial charge >= 0.3 is 6.03 Å². The van der Waals surface area contributed by atoms with E-state index in [0.29, 0.717) is 12.4 Å². The Morgan fingerprint density at radius 3 is 2.47 bits per heavy atom. The highest BCUT2D eigenvalue weighted by Gasteiger charge is 2.54. The number of carbonyl (C=O) groups excluding carboxylic acids is 2. The number of guanidine groups is 1. The smallest absolute Gasteiger partial charge is 0.328 e. The van der Waals surface area contributed by atoms with Gasteiger partial charge in [0.15, 0.2) is 12.2 Å². The van der Waals surface area contributed by atoms with Crippen LogP contribution in [0, 0.1) is 0 Å². The minimum absolute atomic E-state index is 0.0876. The number of likely N-dealkylation sites (N-methyl/N-ethyl adjacent to an activating group) is 1. The Bertz CT molecular complexity index is 1120. The molecule has 0 bridgehead atoms. The standard InChI is InChI=1S/C23H22BrN5O3/c1-26-20-19(21(31)27(23(26)32)12-5-13-30)28-14-18(15-6-3-2-4-7-15)29(22(28)25-20)17-10-8-16(24)9-11-17/h2-4,6-11,14,19-20,30H,5,12-13H2,1H3. The Hall–Kier alpha value is -3.17. The molecule has 2 aromatic rings. The number of halogens is 1. The third kappa shape index (κ3) is 3.20. The van der Waals surface area contributed by atoms with Crippen LogP contribution in [-0.2, 0) is 4.79 Å². The summed E-state index contributed by atoms with van der Waals surface area (Å²) in [5.41, 5.74) is 2.80. The maximum atomic E-state index is 13.4. The molecule has 0 aromatic heterocycles. The lowest BCUT2D eigenvalue weighted by molar-refractivity contribution is -0.136. The van der Waals surface area contributed by atoms with E-state index in [1.165, 1.54) is 9.80 Å². The molecule has 2 aromatic carbocycles. The number of anilines is 1. The van der Waals surface area contributed by atoms with Crippen LogP contribution in [0.15, 0.2) is 70.3 Å². The molecule has 3 aliphatic heterocycles. The van der Waals surface area contributed by atoms with E-state index in [1.54, 1.807) is 7.05 Å². The minimum atomic E-state index is -0.648. The van der Waals surface area contributed by atoms with Crippen molar-refractivity contribution in [1.29, 1.82) is 0 Å². The van der Waals surface area contributed by atoms with E-state index >= 15 is 0 Å². The molecule has 2 atom stereocenters. The van der Waals surface area contributed by atoms with Crippen LogP contribution in [0.3, 0.4) is 0 Å². The maximum Gasteiger partial charge on any atom is 0.328 e. The van der Waals surface area contributed by atoms with Gasteiger partial charge in [0.2, 0.25) is 5.96 Å². The summed E-state index contributed by atoms with van der Waals surface area (Å²) in [7, 11) is 1.66. The van der Waals surface area contributed by atoms with E-state index in [9.17, 15) is 14.7 Å². The second kappa shape index (κ2) is 8.07. The molecule has 0 aliphatic carbocycles. The van der Waals surface area contributed by atoms with E-state index < -0.39 is 18.2 Å². The quantitative estimate of drug-likeness (QED) is 0.689. The Morgan fingerprint density at radius 2 is 1.78 bits per heavy atom. The Kier molecular flexibility index (Phi) is 5.22. The van der Waals surface area contributed by atoms with Crippen molar-refractivity contribution in [1.82, 2.24) is 14.7 Å². The Labute approximate surface area is 194 Å². The van der Waals surface area contributed by atoms with Crippen LogP contribution in [0.4, 0.5) is 10.5 Å². The second-order valence-corrected chi connectivity index (χ2v) is 8.76. The predicted molar refractivity (Wildman–Crippen MR) is 124 cm³/mol. The number of imide groups is 1. The number of carbonyl (C=O) groups is 2. The van der Waals surface area contributed by atoms with Crippen molar-refractivity contribution in [2.24, 2.45) is 4.99 Å². The lowest BCUT2D eigenvalue weighted by Crippen LogP contribution is -2.64. The van der Waals surface area contributed by atoms with Gasteiger partial charge in [0.05, 0.1) is 5.70 Å². The molecule has 0 saturated carbocycles. The zero-order valence-electron chi connectivity index (χ0n) is 17.4. The molecule has 9 heteroatoms. The lowest BCUT2D eigenvalue weighted by Gasteiger charge is -2.40. The van der Waals surface area contributed by atoms with Crippen molar-refractivity contribution in [3.63, 3.8) is 0 Å². The first-order valence-corrected chi connectivity index (χ1v) is 11.2. The topological polar surface area (TPSA) is 79.7 Å². The first kappa shape index (κ1) is 20.7. The molecule has 8 nitrogen and oxygen atoms in total. The van der Waals surface area contributed by atoms with Crippen LogP contribution >= 0.6 is 15.9 Å². The molecule has 5 rings (SSSR count). The van der Waals surface area contributed by atoms with Gasteiger partial charge in [-0.3, -0.25) is 19.5 Å². The molecule has 1 fully saturated rings. The first-order valence-electron chi connectivity index (χ1n) is 10.4. The summed E-state index contributed by atoms with van der Waals surface area (Å²) in [5, 5.41) is 9.20. The number of nitrogens with zero attached hydrogens (tertiary/aromatic N) is 5. The normalized spacial score (nSPS) is 22.2. The van der Waals surface area contributed by atoms with Gasteiger partial charge in [0, 0.05) is 42.1 Å². The monoisotopic (exact) mass is 495 g/mol. The predicted octanol–water partition coefficient (Wildman–Crippen LogP) is 2.91. The van der Waals surface area contributed by atoms with Crippen LogP contribution in [-0.4, -0.2) is 70.1 Å². The van der Waals surface area contributed by atoms with Crippen molar-refractivity contribution in [3.05, 3.63) is 70.8 Å². The molecule has 1 N–H and O–H groups in total. The van der Waals surface area contributed by atoms with Crippen molar-refractivity contribution >= 4 is 45.2 Å². The molecule has 3 amide bonds. The van der Waals surface area contributed by atoms with Crippen molar-refractivity contribution in [3.8, 4) is 0 Å². The summed E-state index contributed by atoms with van der Waals surface area (Å²) >= 11 is 3.48. The van der Waals surface area contributed by atoms with Crippen molar-refractivity contribution < 1.29 is 14.7 Å². The third-order valence-corrected chi connectivity index (χ3v) is 6.43. The van der Waals surface area contributed by atoms with E-state index in [2.05, 4.69) is 15.9 Å². The highest BCUT2D eigenvalue weighted by atomic mass is 79.9. The number of benzene rings is 2. The number of aliphatic hydroxyl groups is 1. The number of aliphatic imine (C=N–C) groups is 1. The fourth-order valence-electron chi connectivity index (χ4n) is 4.33. The molecule has 3 heterocycles. The molecule has 0 radical (unpaired) electrons. The summed E-state index contributed by atoms with van der Waals surface area (Å²) in [6.45, 7) is 0.0896. The second-order valence-electron chi connectivity index (χ2n) is 7.85. The van der Waals surface area contributed by atoms with Crippen LogP contribution in [0.1, 0.15) is 12.0 Å². The molecule has 3 aliphatic rings. The Balaban J connectivity index is 1.59. The summed E-state index contributed by atoms with van der Waals surface area (Å²) in [4.78, 5) is 37.6. The average molecular weight is 496 g/mol. The first-order chi connectivity index (χ1) is 15.5. The molecule has 32 heavy (non-hydrogen) atoms. The van der Waals surface area contributed by atoms with E-state index in [1.807, 2.05) is 70.6 Å². The van der Waals surface area contributed by atoms with Gasteiger partial charge in [-0.15, -0.1) is 0 Å². The van der Waals surface area contributed by atoms with Crippen LogP contribution in [0.5, 0.6) is 0 Å². The van der Waals surface area contributed by atoms with E-state index in [-0.39, 0.29) is 19.1 Å². The highest BCUT2D eigenvalue weighted by molar-refractivity contribution is 9.10. The number of urea groups is 1. The van der Waals surface area contributed by atoms with Gasteiger partial charge in [-0.2, -0.15) is 0 Å². The number of rotatable bonds is 5. The molecule has 0 spiro atoms. The average Bonchev–Trinajstić information content (AvgIpc) is 3.35. The lowest BCUT2D eigenvalue weighted by atomic mass is 10.1. The van der Waals surface area contributed by atoms with Crippen LogP contribution < -0.4 is 4.90 Å². The van der Waals surface area contributed by atoms with Gasteiger partial charge in [0.25, 0.3) is 5.91 Å². The van der Waals surface area contributed by atoms with Crippen molar-refractivity contribution in [2.45, 2.75) is 18.6 Å². The highest BCUT2D eigenvalue weighted by Crippen LogP contribution is 2.40. The summed E-state index contributed by atoms with van der Waals surface area (Å²) in [6.07, 6.45) is 1.67. The zero-order valence-corrected chi connectivity index (χ0v) is 19.0.